The Labute approximate surface area is 145 Å². The van der Waals surface area contributed by atoms with Crippen molar-refractivity contribution in [2.75, 3.05) is 20.3 Å². The number of carbonyl (C=O) groups excluding carboxylic acids is 1. The number of benzene rings is 1. The van der Waals surface area contributed by atoms with Gasteiger partial charge in [-0.3, -0.25) is 4.79 Å². The molecule has 7 nitrogen and oxygen atoms in total. The second-order valence-corrected chi connectivity index (χ2v) is 5.26. The highest BCUT2D eigenvalue weighted by Crippen LogP contribution is 2.13. The topological polar surface area (TPSA) is 97.8 Å². The summed E-state index contributed by atoms with van der Waals surface area (Å²) >= 11 is 0. The van der Waals surface area contributed by atoms with Gasteiger partial charge in [-0.25, -0.2) is 9.78 Å². The van der Waals surface area contributed by atoms with Gasteiger partial charge in [0.05, 0.1) is 12.2 Å². The Morgan fingerprint density at radius 3 is 2.72 bits per heavy atom. The molecule has 2 N–H and O–H groups in total. The standard InChI is InChI=1S/C18H20N2O5/c1-24-8-3-9-25-15-5-2-4-13(10-15)11-20-17(21)14-6-7-16(18(22)23)19-12-14/h2,4-7,10,12H,3,8-9,11H2,1H3,(H,20,21)(H,22,23). The average Bonchev–Trinajstić information content (AvgIpc) is 2.64. The maximum atomic E-state index is 12.1. The first-order valence-corrected chi connectivity index (χ1v) is 7.78. The quantitative estimate of drug-likeness (QED) is 0.676. The highest BCUT2D eigenvalue weighted by Gasteiger charge is 2.09. The third-order valence-electron chi connectivity index (χ3n) is 3.36. The van der Waals surface area contributed by atoms with E-state index >= 15 is 0 Å². The number of carboxylic acid groups (broad SMARTS) is 1. The zero-order valence-corrected chi connectivity index (χ0v) is 13.9. The molecule has 2 aromatic rings. The van der Waals surface area contributed by atoms with Crippen LogP contribution in [0, 0.1) is 0 Å². The molecular formula is C18H20N2O5. The second kappa shape index (κ2) is 9.39. The summed E-state index contributed by atoms with van der Waals surface area (Å²) in [6, 6.07) is 10.2. The van der Waals surface area contributed by atoms with Gasteiger partial charge in [0.25, 0.3) is 5.91 Å². The number of amides is 1. The van der Waals surface area contributed by atoms with Crippen LogP contribution < -0.4 is 10.1 Å². The van der Waals surface area contributed by atoms with E-state index in [9.17, 15) is 9.59 Å². The lowest BCUT2D eigenvalue weighted by Gasteiger charge is -2.09. The van der Waals surface area contributed by atoms with Gasteiger partial charge >= 0.3 is 5.97 Å². The SMILES string of the molecule is COCCCOc1cccc(CNC(=O)c2ccc(C(=O)O)nc2)c1. The number of carboxylic acids is 1. The average molecular weight is 344 g/mol. The summed E-state index contributed by atoms with van der Waals surface area (Å²) in [5, 5.41) is 11.6. The van der Waals surface area contributed by atoms with Crippen LogP contribution in [0.5, 0.6) is 5.75 Å². The fourth-order valence-electron chi connectivity index (χ4n) is 2.08. The van der Waals surface area contributed by atoms with Crippen LogP contribution in [-0.4, -0.2) is 42.3 Å². The van der Waals surface area contributed by atoms with Gasteiger partial charge in [0.15, 0.2) is 0 Å². The molecule has 7 heteroatoms. The number of aromatic carboxylic acids is 1. The van der Waals surface area contributed by atoms with Crippen LogP contribution in [-0.2, 0) is 11.3 Å². The summed E-state index contributed by atoms with van der Waals surface area (Å²) in [6.07, 6.45) is 2.05. The molecule has 1 heterocycles. The van der Waals surface area contributed by atoms with E-state index in [1.54, 1.807) is 7.11 Å². The van der Waals surface area contributed by atoms with Gasteiger partial charge in [-0.1, -0.05) is 12.1 Å². The zero-order chi connectivity index (χ0) is 18.1. The number of nitrogens with one attached hydrogen (secondary N) is 1. The number of nitrogens with zero attached hydrogens (tertiary/aromatic N) is 1. The molecule has 0 aliphatic carbocycles. The van der Waals surface area contributed by atoms with Crippen molar-refractivity contribution in [3.8, 4) is 5.75 Å². The largest absolute Gasteiger partial charge is 0.493 e. The monoisotopic (exact) mass is 344 g/mol. The van der Waals surface area contributed by atoms with Gasteiger partial charge < -0.3 is 19.9 Å². The fraction of sp³-hybridized carbons (Fsp3) is 0.278. The van der Waals surface area contributed by atoms with Gasteiger partial charge in [0.1, 0.15) is 11.4 Å². The molecular weight excluding hydrogens is 324 g/mol. The van der Waals surface area contributed by atoms with Crippen molar-refractivity contribution < 1.29 is 24.2 Å². The number of hydrogen-bond acceptors (Lipinski definition) is 5. The molecule has 0 aliphatic rings. The van der Waals surface area contributed by atoms with Crippen molar-refractivity contribution in [2.24, 2.45) is 0 Å². The number of rotatable bonds is 9. The predicted molar refractivity (Wildman–Crippen MR) is 90.8 cm³/mol. The molecule has 2 rings (SSSR count). The van der Waals surface area contributed by atoms with Gasteiger partial charge in [-0.15, -0.1) is 0 Å². The van der Waals surface area contributed by atoms with E-state index in [-0.39, 0.29) is 11.6 Å². The molecule has 132 valence electrons. The lowest BCUT2D eigenvalue weighted by atomic mass is 10.2. The molecule has 1 aromatic heterocycles. The van der Waals surface area contributed by atoms with E-state index in [1.165, 1.54) is 18.3 Å². The first-order chi connectivity index (χ1) is 12.1. The van der Waals surface area contributed by atoms with Crippen molar-refractivity contribution >= 4 is 11.9 Å². The van der Waals surface area contributed by atoms with Gasteiger partial charge in [0.2, 0.25) is 0 Å². The van der Waals surface area contributed by atoms with Crippen molar-refractivity contribution in [1.82, 2.24) is 10.3 Å². The predicted octanol–water partition coefficient (Wildman–Crippen LogP) is 2.13. The number of pyridine rings is 1. The Morgan fingerprint density at radius 2 is 2.04 bits per heavy atom. The minimum atomic E-state index is -1.13. The second-order valence-electron chi connectivity index (χ2n) is 5.26. The number of carbonyl (C=O) groups is 2. The summed E-state index contributed by atoms with van der Waals surface area (Å²) in [5.41, 5.74) is 1.10. The van der Waals surface area contributed by atoms with E-state index in [1.807, 2.05) is 24.3 Å². The first kappa shape index (κ1) is 18.4. The van der Waals surface area contributed by atoms with E-state index in [0.717, 1.165) is 17.7 Å². The van der Waals surface area contributed by atoms with Crippen LogP contribution in [0.3, 0.4) is 0 Å². The summed E-state index contributed by atoms with van der Waals surface area (Å²) in [7, 11) is 1.65. The molecule has 1 aromatic carbocycles. The highest BCUT2D eigenvalue weighted by molar-refractivity contribution is 5.94. The maximum Gasteiger partial charge on any atom is 0.354 e. The minimum absolute atomic E-state index is 0.102. The number of hydrogen-bond donors (Lipinski definition) is 2. The molecule has 0 saturated heterocycles. The smallest absolute Gasteiger partial charge is 0.354 e. The number of aromatic nitrogens is 1. The number of methoxy groups -OCH3 is 1. The first-order valence-electron chi connectivity index (χ1n) is 7.78. The molecule has 1 amide bonds. The minimum Gasteiger partial charge on any atom is -0.493 e. The molecule has 0 spiro atoms. The zero-order valence-electron chi connectivity index (χ0n) is 13.9. The van der Waals surface area contributed by atoms with E-state index in [2.05, 4.69) is 10.3 Å². The Hall–Kier alpha value is -2.93. The molecule has 0 fully saturated rings. The molecule has 25 heavy (non-hydrogen) atoms. The van der Waals surface area contributed by atoms with E-state index in [0.29, 0.717) is 25.3 Å². The Balaban J connectivity index is 1.87. The summed E-state index contributed by atoms with van der Waals surface area (Å²) in [4.78, 5) is 26.6. The van der Waals surface area contributed by atoms with Crippen LogP contribution in [0.25, 0.3) is 0 Å². The van der Waals surface area contributed by atoms with Crippen molar-refractivity contribution in [3.05, 3.63) is 59.4 Å². The molecule has 0 atom stereocenters. The van der Waals surface area contributed by atoms with Crippen molar-refractivity contribution in [1.29, 1.82) is 0 Å². The van der Waals surface area contributed by atoms with Gasteiger partial charge in [-0.2, -0.15) is 0 Å². The Bertz CT molecular complexity index is 716. The highest BCUT2D eigenvalue weighted by atomic mass is 16.5. The van der Waals surface area contributed by atoms with Crippen LogP contribution in [0.4, 0.5) is 0 Å². The summed E-state index contributed by atoms with van der Waals surface area (Å²) < 4.78 is 10.6. The van der Waals surface area contributed by atoms with Gasteiger partial charge in [-0.05, 0) is 29.8 Å². The fourth-order valence-corrected chi connectivity index (χ4v) is 2.08. The Kier molecular flexibility index (Phi) is 6.91. The van der Waals surface area contributed by atoms with Crippen molar-refractivity contribution in [3.63, 3.8) is 0 Å². The van der Waals surface area contributed by atoms with E-state index in [4.69, 9.17) is 14.6 Å². The lowest BCUT2D eigenvalue weighted by molar-refractivity contribution is 0.0689. The molecule has 0 bridgehead atoms. The summed E-state index contributed by atoms with van der Waals surface area (Å²) in [5.74, 6) is -0.722. The molecule has 0 aliphatic heterocycles. The summed E-state index contributed by atoms with van der Waals surface area (Å²) in [6.45, 7) is 1.53. The van der Waals surface area contributed by atoms with Crippen LogP contribution in [0.1, 0.15) is 32.8 Å². The van der Waals surface area contributed by atoms with Crippen LogP contribution in [0.2, 0.25) is 0 Å². The molecule has 0 radical (unpaired) electrons. The Morgan fingerprint density at radius 1 is 1.20 bits per heavy atom. The third-order valence-corrected chi connectivity index (χ3v) is 3.36. The molecule has 0 saturated carbocycles. The van der Waals surface area contributed by atoms with E-state index < -0.39 is 5.97 Å². The normalized spacial score (nSPS) is 10.3. The third kappa shape index (κ3) is 5.89. The van der Waals surface area contributed by atoms with Gasteiger partial charge in [0, 0.05) is 32.9 Å². The van der Waals surface area contributed by atoms with Crippen LogP contribution >= 0.6 is 0 Å². The van der Waals surface area contributed by atoms with Crippen LogP contribution in [0.15, 0.2) is 42.6 Å². The lowest BCUT2D eigenvalue weighted by Crippen LogP contribution is -2.23. The molecule has 0 unspecified atom stereocenters. The van der Waals surface area contributed by atoms with Crippen molar-refractivity contribution in [2.45, 2.75) is 13.0 Å². The number of ether oxygens (including phenoxy) is 2. The maximum absolute atomic E-state index is 12.1.